The molecule has 1 aromatic heterocycles. The van der Waals surface area contributed by atoms with Gasteiger partial charge in [-0.2, -0.15) is 0 Å². The highest BCUT2D eigenvalue weighted by Crippen LogP contribution is 2.51. The Morgan fingerprint density at radius 3 is 2.65 bits per heavy atom. The summed E-state index contributed by atoms with van der Waals surface area (Å²) in [7, 11) is 0. The summed E-state index contributed by atoms with van der Waals surface area (Å²) in [5.74, 6) is 3.09. The molecule has 1 aromatic carbocycles. The second kappa shape index (κ2) is 5.01. The molecule has 2 atom stereocenters. The SMILES string of the molecule is Brc1ccc(-c2cnc(CNC3CC4CC4C3)[nH]2)cc1. The summed E-state index contributed by atoms with van der Waals surface area (Å²) >= 11 is 3.46. The van der Waals surface area contributed by atoms with Crippen molar-refractivity contribution in [2.45, 2.75) is 31.8 Å². The van der Waals surface area contributed by atoms with Crippen molar-refractivity contribution < 1.29 is 0 Å². The van der Waals surface area contributed by atoms with Crippen LogP contribution in [-0.2, 0) is 6.54 Å². The number of imidazole rings is 1. The number of nitrogens with one attached hydrogen (secondary N) is 2. The maximum Gasteiger partial charge on any atom is 0.120 e. The van der Waals surface area contributed by atoms with Crippen LogP contribution in [0.5, 0.6) is 0 Å². The molecule has 0 bridgehead atoms. The molecule has 20 heavy (non-hydrogen) atoms. The van der Waals surface area contributed by atoms with Crippen molar-refractivity contribution in [1.82, 2.24) is 15.3 Å². The quantitative estimate of drug-likeness (QED) is 0.896. The minimum Gasteiger partial charge on any atom is -0.341 e. The molecule has 4 heteroatoms. The molecule has 0 radical (unpaired) electrons. The van der Waals surface area contributed by atoms with Gasteiger partial charge in [0.15, 0.2) is 0 Å². The molecule has 0 aliphatic heterocycles. The third-order valence-corrected chi connectivity index (χ3v) is 5.11. The molecule has 2 N–H and O–H groups in total. The molecule has 2 fully saturated rings. The first kappa shape index (κ1) is 12.6. The highest BCUT2D eigenvalue weighted by molar-refractivity contribution is 9.10. The zero-order valence-electron chi connectivity index (χ0n) is 11.3. The van der Waals surface area contributed by atoms with Crippen molar-refractivity contribution in [3.63, 3.8) is 0 Å². The van der Waals surface area contributed by atoms with Gasteiger partial charge in [-0.25, -0.2) is 4.98 Å². The molecule has 0 spiro atoms. The average Bonchev–Trinajstić information content (AvgIpc) is 2.90. The van der Waals surface area contributed by atoms with Gasteiger partial charge in [-0.05, 0) is 48.8 Å². The van der Waals surface area contributed by atoms with Crippen LogP contribution in [0.25, 0.3) is 11.3 Å². The summed E-state index contributed by atoms with van der Waals surface area (Å²) in [5, 5.41) is 3.63. The normalized spacial score (nSPS) is 27.6. The van der Waals surface area contributed by atoms with E-state index < -0.39 is 0 Å². The van der Waals surface area contributed by atoms with Gasteiger partial charge in [0.25, 0.3) is 0 Å². The average molecular weight is 332 g/mol. The van der Waals surface area contributed by atoms with Gasteiger partial charge >= 0.3 is 0 Å². The van der Waals surface area contributed by atoms with Gasteiger partial charge in [0.05, 0.1) is 18.4 Å². The van der Waals surface area contributed by atoms with Gasteiger partial charge in [-0.1, -0.05) is 28.1 Å². The van der Waals surface area contributed by atoms with E-state index in [0.717, 1.165) is 34.4 Å². The van der Waals surface area contributed by atoms with Crippen LogP contribution in [0, 0.1) is 11.8 Å². The molecule has 2 saturated carbocycles. The minimum absolute atomic E-state index is 0.708. The Bertz CT molecular complexity index is 594. The van der Waals surface area contributed by atoms with Crippen LogP contribution in [0.4, 0.5) is 0 Å². The number of rotatable bonds is 4. The highest BCUT2D eigenvalue weighted by atomic mass is 79.9. The van der Waals surface area contributed by atoms with E-state index in [-0.39, 0.29) is 0 Å². The third kappa shape index (κ3) is 2.54. The second-order valence-corrected chi connectivity index (χ2v) is 6.97. The molecule has 4 rings (SSSR count). The summed E-state index contributed by atoms with van der Waals surface area (Å²) in [6.07, 6.45) is 6.13. The monoisotopic (exact) mass is 331 g/mol. The molecular formula is C16H18BrN3. The maximum absolute atomic E-state index is 4.48. The number of nitrogens with zero attached hydrogens (tertiary/aromatic N) is 1. The molecule has 2 aromatic rings. The lowest BCUT2D eigenvalue weighted by atomic mass is 10.1. The lowest BCUT2D eigenvalue weighted by molar-refractivity contribution is 0.474. The van der Waals surface area contributed by atoms with Crippen LogP contribution >= 0.6 is 15.9 Å². The van der Waals surface area contributed by atoms with Crippen LogP contribution in [0.3, 0.4) is 0 Å². The lowest BCUT2D eigenvalue weighted by Gasteiger charge is -2.12. The van der Waals surface area contributed by atoms with Gasteiger partial charge < -0.3 is 10.3 Å². The van der Waals surface area contributed by atoms with Gasteiger partial charge in [0.2, 0.25) is 0 Å². The number of hydrogen-bond donors (Lipinski definition) is 2. The van der Waals surface area contributed by atoms with Crippen LogP contribution < -0.4 is 5.32 Å². The van der Waals surface area contributed by atoms with E-state index in [9.17, 15) is 0 Å². The van der Waals surface area contributed by atoms with E-state index in [1.165, 1.54) is 24.8 Å². The Balaban J connectivity index is 1.38. The van der Waals surface area contributed by atoms with Gasteiger partial charge in [0, 0.05) is 10.5 Å². The number of fused-ring (bicyclic) bond motifs is 1. The molecule has 104 valence electrons. The Morgan fingerprint density at radius 1 is 1.15 bits per heavy atom. The number of halogens is 1. The second-order valence-electron chi connectivity index (χ2n) is 6.06. The predicted octanol–water partition coefficient (Wildman–Crippen LogP) is 3.73. The Hall–Kier alpha value is -1.13. The third-order valence-electron chi connectivity index (χ3n) is 4.59. The van der Waals surface area contributed by atoms with Crippen molar-refractivity contribution in [3.8, 4) is 11.3 Å². The molecule has 2 aliphatic carbocycles. The lowest BCUT2D eigenvalue weighted by Crippen LogP contribution is -2.27. The number of hydrogen-bond acceptors (Lipinski definition) is 2. The highest BCUT2D eigenvalue weighted by Gasteiger charge is 2.45. The number of H-pyrrole nitrogens is 1. The van der Waals surface area contributed by atoms with Crippen LogP contribution in [0.2, 0.25) is 0 Å². The van der Waals surface area contributed by atoms with E-state index >= 15 is 0 Å². The van der Waals surface area contributed by atoms with Crippen LogP contribution in [-0.4, -0.2) is 16.0 Å². The topological polar surface area (TPSA) is 40.7 Å². The number of aromatic nitrogens is 2. The first-order valence-electron chi connectivity index (χ1n) is 7.31. The zero-order valence-corrected chi connectivity index (χ0v) is 12.9. The fraction of sp³-hybridized carbons (Fsp3) is 0.438. The Morgan fingerprint density at radius 2 is 1.90 bits per heavy atom. The molecule has 0 saturated heterocycles. The zero-order chi connectivity index (χ0) is 13.5. The van der Waals surface area contributed by atoms with E-state index in [1.54, 1.807) is 0 Å². The summed E-state index contributed by atoms with van der Waals surface area (Å²) in [5.41, 5.74) is 2.26. The van der Waals surface area contributed by atoms with E-state index in [2.05, 4.69) is 55.5 Å². The largest absolute Gasteiger partial charge is 0.341 e. The van der Waals surface area contributed by atoms with E-state index in [0.29, 0.717) is 6.04 Å². The molecule has 2 unspecified atom stereocenters. The van der Waals surface area contributed by atoms with Gasteiger partial charge in [-0.3, -0.25) is 0 Å². The smallest absolute Gasteiger partial charge is 0.120 e. The number of benzene rings is 1. The van der Waals surface area contributed by atoms with Crippen molar-refractivity contribution in [1.29, 1.82) is 0 Å². The Kier molecular flexibility index (Phi) is 3.15. The molecule has 3 nitrogen and oxygen atoms in total. The van der Waals surface area contributed by atoms with Gasteiger partial charge in [0.1, 0.15) is 5.82 Å². The summed E-state index contributed by atoms with van der Waals surface area (Å²) < 4.78 is 1.10. The first-order valence-corrected chi connectivity index (χ1v) is 8.10. The van der Waals surface area contributed by atoms with Crippen LogP contribution in [0.15, 0.2) is 34.9 Å². The fourth-order valence-electron chi connectivity index (χ4n) is 3.35. The molecular weight excluding hydrogens is 314 g/mol. The Labute approximate surface area is 127 Å². The van der Waals surface area contributed by atoms with Crippen molar-refractivity contribution >= 4 is 15.9 Å². The fourth-order valence-corrected chi connectivity index (χ4v) is 3.62. The van der Waals surface area contributed by atoms with Crippen molar-refractivity contribution in [2.24, 2.45) is 11.8 Å². The van der Waals surface area contributed by atoms with Crippen LogP contribution in [0.1, 0.15) is 25.1 Å². The van der Waals surface area contributed by atoms with E-state index in [1.807, 2.05) is 6.20 Å². The predicted molar refractivity (Wildman–Crippen MR) is 83.2 cm³/mol. The van der Waals surface area contributed by atoms with Gasteiger partial charge in [-0.15, -0.1) is 0 Å². The molecule has 2 aliphatic rings. The maximum atomic E-state index is 4.48. The minimum atomic E-state index is 0.708. The standard InChI is InChI=1S/C16H18BrN3/c17-13-3-1-10(2-4-13)15-8-19-16(20-15)9-18-14-6-11-5-12(11)7-14/h1-4,8,11-12,14,18H,5-7,9H2,(H,19,20). The van der Waals surface area contributed by atoms with Crippen molar-refractivity contribution in [2.75, 3.05) is 0 Å². The first-order chi connectivity index (χ1) is 9.78. The summed E-state index contributed by atoms with van der Waals surface area (Å²) in [6.45, 7) is 0.848. The van der Waals surface area contributed by atoms with Crippen molar-refractivity contribution in [3.05, 3.63) is 40.8 Å². The summed E-state index contributed by atoms with van der Waals surface area (Å²) in [6, 6.07) is 9.01. The number of aromatic amines is 1. The molecule has 1 heterocycles. The molecule has 0 amide bonds. The summed E-state index contributed by atoms with van der Waals surface area (Å²) in [4.78, 5) is 7.88. The van der Waals surface area contributed by atoms with E-state index in [4.69, 9.17) is 0 Å².